The minimum absolute atomic E-state index is 0.0910. The molecule has 2 aromatic heterocycles. The van der Waals surface area contributed by atoms with Crippen molar-refractivity contribution in [3.05, 3.63) is 53.2 Å². The second-order valence-electron chi connectivity index (χ2n) is 7.50. The molecular weight excluding hydrogens is 409 g/mol. The molecule has 1 saturated carbocycles. The summed E-state index contributed by atoms with van der Waals surface area (Å²) in [5.41, 5.74) is 0.273. The lowest BCUT2D eigenvalue weighted by Gasteiger charge is -2.18. The molecule has 0 saturated heterocycles. The van der Waals surface area contributed by atoms with Crippen molar-refractivity contribution in [2.24, 2.45) is 0 Å². The van der Waals surface area contributed by atoms with Gasteiger partial charge in [-0.15, -0.1) is 0 Å². The molecule has 1 aliphatic rings. The molecule has 162 valence electrons. The fourth-order valence-electron chi connectivity index (χ4n) is 3.23. The summed E-state index contributed by atoms with van der Waals surface area (Å²) in [6.07, 6.45) is 0.506. The lowest BCUT2D eigenvalue weighted by Crippen LogP contribution is -2.30. The van der Waals surface area contributed by atoms with Crippen molar-refractivity contribution >= 4 is 28.6 Å². The number of nitrogens with one attached hydrogen (secondary N) is 3. The summed E-state index contributed by atoms with van der Waals surface area (Å²) in [5.74, 6) is -0.163. The van der Waals surface area contributed by atoms with Crippen LogP contribution in [-0.2, 0) is 0 Å². The summed E-state index contributed by atoms with van der Waals surface area (Å²) in [7, 11) is 0. The number of rotatable bonds is 6. The van der Waals surface area contributed by atoms with E-state index in [1.165, 1.54) is 18.3 Å². The zero-order valence-electron chi connectivity index (χ0n) is 16.9. The third-order valence-corrected chi connectivity index (χ3v) is 4.95. The van der Waals surface area contributed by atoms with Crippen LogP contribution in [0.4, 0.5) is 29.5 Å². The zero-order valence-corrected chi connectivity index (χ0v) is 16.9. The molecule has 3 N–H and O–H groups in total. The Labute approximate surface area is 176 Å². The highest BCUT2D eigenvalue weighted by Gasteiger charge is 2.23. The summed E-state index contributed by atoms with van der Waals surface area (Å²) in [6.45, 7) is 3.33. The monoisotopic (exact) mass is 430 g/mol. The van der Waals surface area contributed by atoms with Crippen LogP contribution in [0.3, 0.4) is 0 Å². The summed E-state index contributed by atoms with van der Waals surface area (Å²) < 4.78 is 40.7. The van der Waals surface area contributed by atoms with E-state index < -0.39 is 23.8 Å². The lowest BCUT2D eigenvalue weighted by molar-refractivity contribution is 0.146. The molecule has 2 heterocycles. The average Bonchev–Trinajstić information content (AvgIpc) is 3.52. The SMILES string of the molecule is Cc1nc(N[C@H](C)c2cccc(C(F)F)c2F)c2cc(NC(=O)NC3CC3)cnc2n1. The van der Waals surface area contributed by atoms with Gasteiger partial charge in [0.15, 0.2) is 5.65 Å². The molecule has 7 nitrogen and oxygen atoms in total. The predicted octanol–water partition coefficient (Wildman–Crippen LogP) is 4.87. The van der Waals surface area contributed by atoms with Gasteiger partial charge in [-0.2, -0.15) is 0 Å². The number of carbonyl (C=O) groups is 1. The number of halogens is 3. The number of anilines is 2. The Morgan fingerprint density at radius 2 is 1.94 bits per heavy atom. The van der Waals surface area contributed by atoms with Crippen LogP contribution >= 0.6 is 0 Å². The second-order valence-corrected chi connectivity index (χ2v) is 7.50. The largest absolute Gasteiger partial charge is 0.363 e. The van der Waals surface area contributed by atoms with E-state index in [-0.39, 0.29) is 17.6 Å². The quantitative estimate of drug-likeness (QED) is 0.519. The van der Waals surface area contributed by atoms with Gasteiger partial charge in [0, 0.05) is 11.6 Å². The summed E-state index contributed by atoms with van der Waals surface area (Å²) >= 11 is 0. The number of fused-ring (bicyclic) bond motifs is 1. The van der Waals surface area contributed by atoms with Crippen molar-refractivity contribution in [3.8, 4) is 0 Å². The molecule has 31 heavy (non-hydrogen) atoms. The fourth-order valence-corrected chi connectivity index (χ4v) is 3.23. The number of alkyl halides is 2. The maximum atomic E-state index is 14.6. The first-order valence-electron chi connectivity index (χ1n) is 9.86. The normalized spacial score (nSPS) is 14.5. The third-order valence-electron chi connectivity index (χ3n) is 4.95. The van der Waals surface area contributed by atoms with E-state index in [2.05, 4.69) is 30.9 Å². The Hall–Kier alpha value is -3.43. The lowest BCUT2D eigenvalue weighted by atomic mass is 10.0. The van der Waals surface area contributed by atoms with Gasteiger partial charge in [0.05, 0.1) is 28.9 Å². The Kier molecular flexibility index (Phi) is 5.62. The predicted molar refractivity (Wildman–Crippen MR) is 111 cm³/mol. The van der Waals surface area contributed by atoms with Crippen LogP contribution in [0.25, 0.3) is 11.0 Å². The van der Waals surface area contributed by atoms with Crippen molar-refractivity contribution < 1.29 is 18.0 Å². The number of amides is 2. The van der Waals surface area contributed by atoms with Crippen LogP contribution in [-0.4, -0.2) is 27.0 Å². The molecule has 10 heteroatoms. The van der Waals surface area contributed by atoms with Crippen molar-refractivity contribution in [3.63, 3.8) is 0 Å². The highest BCUT2D eigenvalue weighted by molar-refractivity contribution is 5.94. The van der Waals surface area contributed by atoms with Gasteiger partial charge in [-0.05, 0) is 32.8 Å². The van der Waals surface area contributed by atoms with Crippen LogP contribution in [0.5, 0.6) is 0 Å². The minimum Gasteiger partial charge on any atom is -0.363 e. The molecule has 0 bridgehead atoms. The smallest absolute Gasteiger partial charge is 0.319 e. The first-order valence-corrected chi connectivity index (χ1v) is 9.86. The average molecular weight is 430 g/mol. The topological polar surface area (TPSA) is 91.8 Å². The standard InChI is InChI=1S/C21H21F3N6O/c1-10(14-4-3-5-15(17(14)22)18(23)24)26-20-16-8-13(30-21(31)29-12-6-7-12)9-25-19(16)27-11(2)28-20/h3-5,8-10,12,18H,6-7H2,1-2H3,(H2,29,30,31)(H,25,26,27,28)/t10-/m1/s1. The van der Waals surface area contributed by atoms with Gasteiger partial charge in [-0.3, -0.25) is 0 Å². The molecule has 4 rings (SSSR count). The van der Waals surface area contributed by atoms with Gasteiger partial charge in [-0.25, -0.2) is 32.9 Å². The van der Waals surface area contributed by atoms with Crippen molar-refractivity contribution in [2.75, 3.05) is 10.6 Å². The molecule has 0 radical (unpaired) electrons. The minimum atomic E-state index is -2.91. The number of urea groups is 1. The number of aryl methyl sites for hydroxylation is 1. The molecule has 3 aromatic rings. The van der Waals surface area contributed by atoms with E-state index in [0.29, 0.717) is 28.4 Å². The molecule has 0 unspecified atom stereocenters. The van der Waals surface area contributed by atoms with Crippen molar-refractivity contribution in [1.82, 2.24) is 20.3 Å². The molecule has 0 aliphatic heterocycles. The maximum Gasteiger partial charge on any atom is 0.319 e. The van der Waals surface area contributed by atoms with E-state index in [1.54, 1.807) is 19.9 Å². The van der Waals surface area contributed by atoms with Gasteiger partial charge in [0.25, 0.3) is 6.43 Å². The second kappa shape index (κ2) is 8.37. The molecule has 1 fully saturated rings. The Bertz CT molecular complexity index is 1140. The van der Waals surface area contributed by atoms with E-state index in [4.69, 9.17) is 0 Å². The van der Waals surface area contributed by atoms with Crippen LogP contribution in [0.2, 0.25) is 0 Å². The number of nitrogens with zero attached hydrogens (tertiary/aromatic N) is 3. The number of carbonyl (C=O) groups excluding carboxylic acids is 1. The van der Waals surface area contributed by atoms with E-state index in [9.17, 15) is 18.0 Å². The van der Waals surface area contributed by atoms with Crippen LogP contribution < -0.4 is 16.0 Å². The first-order chi connectivity index (χ1) is 14.8. The number of hydrogen-bond acceptors (Lipinski definition) is 5. The highest BCUT2D eigenvalue weighted by atomic mass is 19.3. The van der Waals surface area contributed by atoms with E-state index in [0.717, 1.165) is 18.9 Å². The summed E-state index contributed by atoms with van der Waals surface area (Å²) in [6, 6.07) is 4.78. The number of pyridine rings is 1. The van der Waals surface area contributed by atoms with Gasteiger partial charge in [0.2, 0.25) is 0 Å². The number of hydrogen-bond donors (Lipinski definition) is 3. The van der Waals surface area contributed by atoms with E-state index >= 15 is 0 Å². The van der Waals surface area contributed by atoms with Crippen LogP contribution in [0.1, 0.15) is 49.2 Å². The maximum absolute atomic E-state index is 14.6. The molecule has 0 spiro atoms. The zero-order chi connectivity index (χ0) is 22.1. The summed E-state index contributed by atoms with van der Waals surface area (Å²) in [4.78, 5) is 25.0. The highest BCUT2D eigenvalue weighted by Crippen LogP contribution is 2.30. The first kappa shape index (κ1) is 20.8. The molecule has 1 aliphatic carbocycles. The van der Waals surface area contributed by atoms with Gasteiger partial charge >= 0.3 is 6.03 Å². The Morgan fingerprint density at radius 1 is 1.19 bits per heavy atom. The Morgan fingerprint density at radius 3 is 2.65 bits per heavy atom. The molecule has 1 aromatic carbocycles. The Balaban J connectivity index is 1.63. The van der Waals surface area contributed by atoms with E-state index in [1.807, 2.05) is 0 Å². The molecule has 1 atom stereocenters. The van der Waals surface area contributed by atoms with Crippen molar-refractivity contribution in [1.29, 1.82) is 0 Å². The van der Waals surface area contributed by atoms with Gasteiger partial charge in [0.1, 0.15) is 17.5 Å². The molecular formula is C21H21F3N6O. The van der Waals surface area contributed by atoms with Gasteiger partial charge in [-0.1, -0.05) is 18.2 Å². The van der Waals surface area contributed by atoms with Crippen LogP contribution in [0.15, 0.2) is 30.5 Å². The third kappa shape index (κ3) is 4.68. The fraction of sp³-hybridized carbons (Fsp3) is 0.333. The summed E-state index contributed by atoms with van der Waals surface area (Å²) in [5, 5.41) is 9.12. The number of benzene rings is 1. The van der Waals surface area contributed by atoms with Crippen LogP contribution in [0, 0.1) is 12.7 Å². The van der Waals surface area contributed by atoms with Gasteiger partial charge < -0.3 is 16.0 Å². The number of aromatic nitrogens is 3. The van der Waals surface area contributed by atoms with Crippen molar-refractivity contribution in [2.45, 2.75) is 45.2 Å². The molecule has 2 amide bonds.